The maximum absolute atomic E-state index is 11.6. The highest BCUT2D eigenvalue weighted by molar-refractivity contribution is 7.15. The maximum atomic E-state index is 11.6. The highest BCUT2D eigenvalue weighted by atomic mass is 32.1. The summed E-state index contributed by atoms with van der Waals surface area (Å²) in [6.07, 6.45) is 0. The molecule has 0 aliphatic carbocycles. The molecule has 1 rings (SSSR count). The van der Waals surface area contributed by atoms with Crippen LogP contribution < -0.4 is 10.2 Å². The van der Waals surface area contributed by atoms with Crippen molar-refractivity contribution in [2.75, 3.05) is 18.5 Å². The van der Waals surface area contributed by atoms with Gasteiger partial charge in [-0.15, -0.1) is 10.2 Å². The zero-order chi connectivity index (χ0) is 12.3. The first-order chi connectivity index (χ1) is 7.36. The van der Waals surface area contributed by atoms with E-state index in [1.54, 1.807) is 7.05 Å². The van der Waals surface area contributed by atoms with Crippen LogP contribution in [0, 0.1) is 0 Å². The van der Waals surface area contributed by atoms with Gasteiger partial charge in [-0.05, 0) is 6.92 Å². The minimum atomic E-state index is -0.154. The van der Waals surface area contributed by atoms with Crippen LogP contribution in [-0.2, 0) is 5.41 Å². The fraction of sp³-hybridized carbons (Fsp3) is 0.700. The predicted octanol–water partition coefficient (Wildman–Crippen LogP) is 2.00. The Balaban J connectivity index is 2.82. The highest BCUT2D eigenvalue weighted by Crippen LogP contribution is 2.29. The third-order valence-corrected chi connectivity index (χ3v) is 3.40. The van der Waals surface area contributed by atoms with Gasteiger partial charge in [-0.1, -0.05) is 32.1 Å². The summed E-state index contributed by atoms with van der Waals surface area (Å²) in [7, 11) is 1.69. The van der Waals surface area contributed by atoms with Gasteiger partial charge in [-0.25, -0.2) is 4.79 Å². The second-order valence-electron chi connectivity index (χ2n) is 4.53. The largest absolute Gasteiger partial charge is 0.338 e. The summed E-state index contributed by atoms with van der Waals surface area (Å²) in [6.45, 7) is 8.71. The van der Waals surface area contributed by atoms with E-state index in [2.05, 4.69) is 36.3 Å². The first-order valence-electron chi connectivity index (χ1n) is 5.21. The standard InChI is InChI=1S/C10H18N4OS/c1-6-11-8(15)14(5)9-13-12-7(16-9)10(2,3)4/h6H2,1-5H3,(H,11,15). The van der Waals surface area contributed by atoms with Gasteiger partial charge in [0, 0.05) is 19.0 Å². The van der Waals surface area contributed by atoms with Crippen LogP contribution >= 0.6 is 11.3 Å². The van der Waals surface area contributed by atoms with E-state index in [1.165, 1.54) is 16.2 Å². The summed E-state index contributed by atoms with van der Waals surface area (Å²) >= 11 is 1.44. The molecule has 5 nitrogen and oxygen atoms in total. The topological polar surface area (TPSA) is 58.1 Å². The molecular weight excluding hydrogens is 224 g/mol. The van der Waals surface area contributed by atoms with Crippen molar-refractivity contribution in [1.29, 1.82) is 0 Å². The molecule has 0 fully saturated rings. The van der Waals surface area contributed by atoms with Crippen molar-refractivity contribution in [3.63, 3.8) is 0 Å². The highest BCUT2D eigenvalue weighted by Gasteiger charge is 2.22. The molecule has 1 heterocycles. The van der Waals surface area contributed by atoms with Gasteiger partial charge in [0.1, 0.15) is 5.01 Å². The van der Waals surface area contributed by atoms with E-state index in [9.17, 15) is 4.79 Å². The van der Waals surface area contributed by atoms with Gasteiger partial charge in [0.05, 0.1) is 0 Å². The number of urea groups is 1. The van der Waals surface area contributed by atoms with E-state index in [-0.39, 0.29) is 11.4 Å². The smallest absolute Gasteiger partial charge is 0.323 e. The van der Waals surface area contributed by atoms with Gasteiger partial charge < -0.3 is 5.32 Å². The lowest BCUT2D eigenvalue weighted by molar-refractivity contribution is 0.248. The lowest BCUT2D eigenvalue weighted by Crippen LogP contribution is -2.36. The van der Waals surface area contributed by atoms with Gasteiger partial charge in [-0.2, -0.15) is 0 Å². The monoisotopic (exact) mass is 242 g/mol. The lowest BCUT2D eigenvalue weighted by Gasteiger charge is -2.14. The molecule has 6 heteroatoms. The Morgan fingerprint density at radius 1 is 1.44 bits per heavy atom. The second kappa shape index (κ2) is 4.78. The van der Waals surface area contributed by atoms with Gasteiger partial charge in [0.25, 0.3) is 0 Å². The molecule has 0 unspecified atom stereocenters. The van der Waals surface area contributed by atoms with Crippen LogP contribution in [0.5, 0.6) is 0 Å². The molecule has 0 aromatic carbocycles. The minimum absolute atomic E-state index is 0.0298. The van der Waals surface area contributed by atoms with Gasteiger partial charge >= 0.3 is 6.03 Å². The molecule has 90 valence electrons. The third kappa shape index (κ3) is 2.91. The molecule has 0 atom stereocenters. The predicted molar refractivity (Wildman–Crippen MR) is 66.1 cm³/mol. The van der Waals surface area contributed by atoms with E-state index < -0.39 is 0 Å². The van der Waals surface area contributed by atoms with Crippen molar-refractivity contribution in [3.8, 4) is 0 Å². The summed E-state index contributed by atoms with van der Waals surface area (Å²) in [5.74, 6) is 0. The molecular formula is C10H18N4OS. The third-order valence-electron chi connectivity index (χ3n) is 1.98. The summed E-state index contributed by atoms with van der Waals surface area (Å²) in [5, 5.41) is 12.4. The SMILES string of the molecule is CCNC(=O)N(C)c1nnc(C(C)(C)C)s1. The fourth-order valence-corrected chi connectivity index (χ4v) is 1.87. The first kappa shape index (κ1) is 12.9. The number of anilines is 1. The van der Waals surface area contributed by atoms with Crippen LogP contribution in [0.2, 0.25) is 0 Å². The summed E-state index contributed by atoms with van der Waals surface area (Å²) in [5.41, 5.74) is -0.0298. The number of rotatable bonds is 2. The summed E-state index contributed by atoms with van der Waals surface area (Å²) < 4.78 is 0. The number of amides is 2. The molecule has 0 spiro atoms. The van der Waals surface area contributed by atoms with Crippen LogP contribution in [0.15, 0.2) is 0 Å². The molecule has 2 amide bonds. The van der Waals surface area contributed by atoms with E-state index in [1.807, 2.05) is 6.92 Å². The van der Waals surface area contributed by atoms with Gasteiger partial charge in [0.15, 0.2) is 0 Å². The summed E-state index contributed by atoms with van der Waals surface area (Å²) in [4.78, 5) is 13.0. The first-order valence-corrected chi connectivity index (χ1v) is 6.03. The molecule has 0 radical (unpaired) electrons. The van der Waals surface area contributed by atoms with Crippen LogP contribution in [0.4, 0.5) is 9.93 Å². The van der Waals surface area contributed by atoms with Crippen LogP contribution in [-0.4, -0.2) is 29.8 Å². The average molecular weight is 242 g/mol. The Hall–Kier alpha value is -1.17. The number of aromatic nitrogens is 2. The molecule has 0 bridgehead atoms. The van der Waals surface area contributed by atoms with E-state index in [4.69, 9.17) is 0 Å². The average Bonchev–Trinajstić information content (AvgIpc) is 2.65. The van der Waals surface area contributed by atoms with Gasteiger partial charge in [-0.3, -0.25) is 4.90 Å². The molecule has 0 saturated heterocycles. The Bertz CT molecular complexity index is 369. The summed E-state index contributed by atoms with van der Waals surface area (Å²) in [6, 6.07) is -0.154. The van der Waals surface area contributed by atoms with Crippen LogP contribution in [0.25, 0.3) is 0 Å². The normalized spacial score (nSPS) is 11.3. The Morgan fingerprint density at radius 2 is 2.06 bits per heavy atom. The molecule has 16 heavy (non-hydrogen) atoms. The molecule has 0 saturated carbocycles. The molecule has 1 aromatic rings. The van der Waals surface area contributed by atoms with Crippen molar-refractivity contribution in [2.45, 2.75) is 33.1 Å². The van der Waals surface area contributed by atoms with E-state index in [0.717, 1.165) is 5.01 Å². The van der Waals surface area contributed by atoms with Crippen molar-refractivity contribution in [3.05, 3.63) is 5.01 Å². The lowest BCUT2D eigenvalue weighted by atomic mass is 9.98. The van der Waals surface area contributed by atoms with Crippen LogP contribution in [0.3, 0.4) is 0 Å². The Kier molecular flexibility index (Phi) is 3.85. The number of hydrogen-bond donors (Lipinski definition) is 1. The van der Waals surface area contributed by atoms with Gasteiger partial charge in [0.2, 0.25) is 5.13 Å². The van der Waals surface area contributed by atoms with Crippen molar-refractivity contribution in [2.24, 2.45) is 0 Å². The fourth-order valence-electron chi connectivity index (χ4n) is 1.01. The maximum Gasteiger partial charge on any atom is 0.323 e. The number of carbonyl (C=O) groups is 1. The van der Waals surface area contributed by atoms with Crippen molar-refractivity contribution in [1.82, 2.24) is 15.5 Å². The zero-order valence-electron chi connectivity index (χ0n) is 10.4. The zero-order valence-corrected chi connectivity index (χ0v) is 11.2. The van der Waals surface area contributed by atoms with Crippen molar-refractivity contribution < 1.29 is 4.79 Å². The van der Waals surface area contributed by atoms with E-state index >= 15 is 0 Å². The van der Waals surface area contributed by atoms with E-state index in [0.29, 0.717) is 11.7 Å². The van der Waals surface area contributed by atoms with Crippen LogP contribution in [0.1, 0.15) is 32.7 Å². The number of carbonyl (C=O) groups excluding carboxylic acids is 1. The molecule has 0 aliphatic heterocycles. The number of nitrogens with zero attached hydrogens (tertiary/aromatic N) is 3. The molecule has 1 N–H and O–H groups in total. The molecule has 0 aliphatic rings. The Labute approximate surface area is 99.9 Å². The molecule has 1 aromatic heterocycles. The number of hydrogen-bond acceptors (Lipinski definition) is 4. The van der Waals surface area contributed by atoms with Crippen molar-refractivity contribution >= 4 is 22.5 Å². The Morgan fingerprint density at radius 3 is 2.50 bits per heavy atom. The number of nitrogens with one attached hydrogen (secondary N) is 1. The quantitative estimate of drug-likeness (QED) is 0.863. The second-order valence-corrected chi connectivity index (χ2v) is 5.49. The minimum Gasteiger partial charge on any atom is -0.338 e.